The Labute approximate surface area is 117 Å². The van der Waals surface area contributed by atoms with E-state index in [1.165, 1.54) is 12.1 Å². The van der Waals surface area contributed by atoms with Gasteiger partial charge in [-0.2, -0.15) is 18.2 Å². The number of alkyl halides is 3. The van der Waals surface area contributed by atoms with Crippen LogP contribution in [0.2, 0.25) is 0 Å². The topological polar surface area (TPSA) is 72.3 Å². The van der Waals surface area contributed by atoms with Crippen LogP contribution in [-0.4, -0.2) is 21.0 Å². The van der Waals surface area contributed by atoms with Crippen LogP contribution >= 0.6 is 0 Å². The maximum Gasteiger partial charge on any atom is 0.433 e. The van der Waals surface area contributed by atoms with Crippen LogP contribution in [0.5, 0.6) is 11.8 Å². The molecule has 0 spiro atoms. The summed E-state index contributed by atoms with van der Waals surface area (Å²) in [5.74, 6) is -1.39. The first-order valence-electron chi connectivity index (χ1n) is 5.69. The van der Waals surface area contributed by atoms with Crippen LogP contribution in [0.25, 0.3) is 0 Å². The van der Waals surface area contributed by atoms with Gasteiger partial charge in [-0.3, -0.25) is 0 Å². The van der Waals surface area contributed by atoms with Crippen molar-refractivity contribution in [3.8, 4) is 11.8 Å². The predicted octanol–water partition coefficient (Wildman–Crippen LogP) is 3.29. The van der Waals surface area contributed by atoms with Crippen LogP contribution in [0.1, 0.15) is 21.6 Å². The standard InChI is InChI=1S/C13H9F3N2O3/c1-7-2-3-8(11(19)20)9(6-7)21-12-17-5-4-10(18-12)13(14,15)16/h2-6H,1H3,(H,19,20). The van der Waals surface area contributed by atoms with Gasteiger partial charge in [0.05, 0.1) is 0 Å². The molecule has 1 N–H and O–H groups in total. The van der Waals surface area contributed by atoms with Crippen molar-refractivity contribution < 1.29 is 27.8 Å². The number of rotatable bonds is 3. The quantitative estimate of drug-likeness (QED) is 0.941. The van der Waals surface area contributed by atoms with Crippen LogP contribution in [0.4, 0.5) is 13.2 Å². The van der Waals surface area contributed by atoms with Crippen LogP contribution < -0.4 is 4.74 Å². The molecule has 1 aromatic heterocycles. The summed E-state index contributed by atoms with van der Waals surface area (Å²) in [5, 5.41) is 9.02. The number of halogens is 3. The molecule has 0 atom stereocenters. The van der Waals surface area contributed by atoms with Crippen molar-refractivity contribution in [2.45, 2.75) is 13.1 Å². The molecule has 21 heavy (non-hydrogen) atoms. The van der Waals surface area contributed by atoms with Crippen LogP contribution in [0, 0.1) is 6.92 Å². The Bertz CT molecular complexity index is 687. The minimum absolute atomic E-state index is 0.123. The summed E-state index contributed by atoms with van der Waals surface area (Å²) in [6.07, 6.45) is -3.75. The lowest BCUT2D eigenvalue weighted by molar-refractivity contribution is -0.141. The second-order valence-corrected chi connectivity index (χ2v) is 4.13. The van der Waals surface area contributed by atoms with Crippen LogP contribution in [-0.2, 0) is 6.18 Å². The highest BCUT2D eigenvalue weighted by Crippen LogP contribution is 2.30. The number of carboxylic acids is 1. The van der Waals surface area contributed by atoms with Crippen molar-refractivity contribution in [3.05, 3.63) is 47.3 Å². The monoisotopic (exact) mass is 298 g/mol. The second kappa shape index (κ2) is 5.39. The fraction of sp³-hybridized carbons (Fsp3) is 0.154. The van der Waals surface area contributed by atoms with Crippen molar-refractivity contribution >= 4 is 5.97 Å². The van der Waals surface area contributed by atoms with E-state index in [2.05, 4.69) is 9.97 Å². The zero-order valence-electron chi connectivity index (χ0n) is 10.7. The van der Waals surface area contributed by atoms with Crippen molar-refractivity contribution in [1.82, 2.24) is 9.97 Å². The molecule has 2 rings (SSSR count). The maximum absolute atomic E-state index is 12.5. The van der Waals surface area contributed by atoms with Gasteiger partial charge in [0.25, 0.3) is 0 Å². The van der Waals surface area contributed by atoms with Gasteiger partial charge < -0.3 is 9.84 Å². The molecule has 2 aromatic rings. The molecule has 0 unspecified atom stereocenters. The van der Waals surface area contributed by atoms with E-state index in [0.29, 0.717) is 11.6 Å². The van der Waals surface area contributed by atoms with E-state index in [-0.39, 0.29) is 11.3 Å². The fourth-order valence-corrected chi connectivity index (χ4v) is 1.54. The number of ether oxygens (including phenoxy) is 1. The van der Waals surface area contributed by atoms with Crippen LogP contribution in [0.15, 0.2) is 30.5 Å². The number of hydrogen-bond acceptors (Lipinski definition) is 4. The zero-order chi connectivity index (χ0) is 15.6. The SMILES string of the molecule is Cc1ccc(C(=O)O)c(Oc2nccc(C(F)(F)F)n2)c1. The van der Waals surface area contributed by atoms with E-state index >= 15 is 0 Å². The van der Waals surface area contributed by atoms with Crippen molar-refractivity contribution in [3.63, 3.8) is 0 Å². The number of hydrogen-bond donors (Lipinski definition) is 1. The average molecular weight is 298 g/mol. The van der Waals surface area contributed by atoms with E-state index in [0.717, 1.165) is 6.20 Å². The normalized spacial score (nSPS) is 11.2. The van der Waals surface area contributed by atoms with E-state index in [1.54, 1.807) is 13.0 Å². The molecule has 8 heteroatoms. The summed E-state index contributed by atoms with van der Waals surface area (Å²) in [7, 11) is 0. The third-order valence-corrected chi connectivity index (χ3v) is 2.49. The Morgan fingerprint density at radius 1 is 1.29 bits per heavy atom. The van der Waals surface area contributed by atoms with Crippen molar-refractivity contribution in [2.24, 2.45) is 0 Å². The number of carbonyl (C=O) groups is 1. The van der Waals surface area contributed by atoms with Gasteiger partial charge in [-0.1, -0.05) is 6.07 Å². The van der Waals surface area contributed by atoms with Gasteiger partial charge >= 0.3 is 18.2 Å². The van der Waals surface area contributed by atoms with Crippen molar-refractivity contribution in [2.75, 3.05) is 0 Å². The van der Waals surface area contributed by atoms with Gasteiger partial charge in [-0.15, -0.1) is 0 Å². The maximum atomic E-state index is 12.5. The molecule has 0 saturated heterocycles. The first kappa shape index (κ1) is 14.8. The molecule has 0 amide bonds. The van der Waals surface area contributed by atoms with E-state index < -0.39 is 23.8 Å². The molecule has 110 valence electrons. The Kier molecular flexibility index (Phi) is 3.79. The Morgan fingerprint density at radius 3 is 2.62 bits per heavy atom. The van der Waals surface area contributed by atoms with Gasteiger partial charge in [0.2, 0.25) is 0 Å². The fourth-order valence-electron chi connectivity index (χ4n) is 1.54. The summed E-state index contributed by atoms with van der Waals surface area (Å²) in [6, 6.07) is 4.34. The minimum Gasteiger partial charge on any atom is -0.478 e. The summed E-state index contributed by atoms with van der Waals surface area (Å²) < 4.78 is 42.7. The molecule has 0 aliphatic carbocycles. The first-order chi connectivity index (χ1) is 9.77. The molecule has 0 aliphatic rings. The van der Waals surface area contributed by atoms with Gasteiger partial charge in [0.15, 0.2) is 5.69 Å². The zero-order valence-corrected chi connectivity index (χ0v) is 10.7. The van der Waals surface area contributed by atoms with E-state index in [9.17, 15) is 18.0 Å². The number of nitrogens with zero attached hydrogens (tertiary/aromatic N) is 2. The Hall–Kier alpha value is -2.64. The largest absolute Gasteiger partial charge is 0.478 e. The van der Waals surface area contributed by atoms with Gasteiger partial charge in [0, 0.05) is 6.20 Å². The third kappa shape index (κ3) is 3.47. The molecular weight excluding hydrogens is 289 g/mol. The Balaban J connectivity index is 2.39. The molecule has 0 aliphatic heterocycles. The van der Waals surface area contributed by atoms with Crippen LogP contribution in [0.3, 0.4) is 0 Å². The number of aromatic nitrogens is 2. The van der Waals surface area contributed by atoms with Gasteiger partial charge in [-0.05, 0) is 30.7 Å². The second-order valence-electron chi connectivity index (χ2n) is 4.13. The average Bonchev–Trinajstić information content (AvgIpc) is 2.37. The summed E-state index contributed by atoms with van der Waals surface area (Å²) in [5.41, 5.74) is -0.680. The number of aromatic carboxylic acids is 1. The molecule has 0 saturated carbocycles. The lowest BCUT2D eigenvalue weighted by Crippen LogP contribution is -2.09. The van der Waals surface area contributed by atoms with E-state index in [4.69, 9.17) is 9.84 Å². The van der Waals surface area contributed by atoms with Crippen molar-refractivity contribution in [1.29, 1.82) is 0 Å². The molecule has 0 radical (unpaired) electrons. The van der Waals surface area contributed by atoms with Gasteiger partial charge in [0.1, 0.15) is 11.3 Å². The highest BCUT2D eigenvalue weighted by Gasteiger charge is 2.33. The molecule has 1 aromatic carbocycles. The highest BCUT2D eigenvalue weighted by molar-refractivity contribution is 5.91. The molecule has 1 heterocycles. The molecule has 5 nitrogen and oxygen atoms in total. The summed E-state index contributed by atoms with van der Waals surface area (Å²) in [6.45, 7) is 1.69. The Morgan fingerprint density at radius 2 is 2.00 bits per heavy atom. The summed E-state index contributed by atoms with van der Waals surface area (Å²) >= 11 is 0. The number of benzene rings is 1. The predicted molar refractivity (Wildman–Crippen MR) is 65.2 cm³/mol. The first-order valence-corrected chi connectivity index (χ1v) is 5.69. The number of aryl methyl sites for hydroxylation is 1. The third-order valence-electron chi connectivity index (χ3n) is 2.49. The highest BCUT2D eigenvalue weighted by atomic mass is 19.4. The molecule has 0 bridgehead atoms. The smallest absolute Gasteiger partial charge is 0.433 e. The summed E-state index contributed by atoms with van der Waals surface area (Å²) in [4.78, 5) is 17.8. The minimum atomic E-state index is -4.64. The van der Waals surface area contributed by atoms with Gasteiger partial charge in [-0.25, -0.2) is 9.78 Å². The molecule has 0 fully saturated rings. The van der Waals surface area contributed by atoms with E-state index in [1.807, 2.05) is 0 Å². The lowest BCUT2D eigenvalue weighted by Gasteiger charge is -2.10. The lowest BCUT2D eigenvalue weighted by atomic mass is 10.1. The molecular formula is C13H9F3N2O3. The number of carboxylic acid groups (broad SMARTS) is 1.